The highest BCUT2D eigenvalue weighted by Gasteiger charge is 2.22. The summed E-state index contributed by atoms with van der Waals surface area (Å²) in [6, 6.07) is 7.71. The van der Waals surface area contributed by atoms with Crippen molar-refractivity contribution in [2.75, 3.05) is 28.5 Å². The molecular weight excluding hydrogens is 370 g/mol. The van der Waals surface area contributed by atoms with Crippen LogP contribution in [0.4, 0.5) is 17.3 Å². The Balaban J connectivity index is 1.42. The molecule has 0 saturated carbocycles. The molecule has 10 heteroatoms. The number of sulfonamides is 1. The number of rotatable bonds is 6. The van der Waals surface area contributed by atoms with Gasteiger partial charge in [0.05, 0.1) is 17.4 Å². The van der Waals surface area contributed by atoms with Crippen LogP contribution in [0.1, 0.15) is 18.4 Å². The second-order valence-corrected chi connectivity index (χ2v) is 8.15. The molecule has 1 fully saturated rings. The molecule has 0 radical (unpaired) electrons. The molecule has 9 nitrogen and oxygen atoms in total. The van der Waals surface area contributed by atoms with Gasteiger partial charge in [-0.3, -0.25) is 9.52 Å². The minimum Gasteiger partial charge on any atom is -0.376 e. The number of anilines is 3. The van der Waals surface area contributed by atoms with Crippen LogP contribution < -0.4 is 15.4 Å². The molecule has 142 valence electrons. The molecule has 0 aliphatic carbocycles. The van der Waals surface area contributed by atoms with Crippen LogP contribution in [0, 0.1) is 0 Å². The highest BCUT2D eigenvalue weighted by molar-refractivity contribution is 7.92. The maximum atomic E-state index is 12.6. The molecule has 0 bridgehead atoms. The van der Waals surface area contributed by atoms with Gasteiger partial charge in [-0.1, -0.05) is 0 Å². The third-order valence-corrected chi connectivity index (χ3v) is 5.80. The standard InChI is InChI=1S/C17H19N5O4S/c23-17-9-11-8-13(3-4-14(11)19-17)27(24,25)22-16-6-5-15(20-21-16)18-10-12-2-1-7-26-12/h3-6,8,12H,1-2,7,9-10H2,(H,18,20)(H,19,23)(H,21,22). The van der Waals surface area contributed by atoms with Crippen molar-refractivity contribution in [3.8, 4) is 0 Å². The molecule has 27 heavy (non-hydrogen) atoms. The van der Waals surface area contributed by atoms with Gasteiger partial charge in [0.1, 0.15) is 5.82 Å². The lowest BCUT2D eigenvalue weighted by atomic mass is 10.2. The van der Waals surface area contributed by atoms with E-state index in [1.54, 1.807) is 18.2 Å². The largest absolute Gasteiger partial charge is 0.376 e. The van der Waals surface area contributed by atoms with Gasteiger partial charge >= 0.3 is 0 Å². The fraction of sp³-hybridized carbons (Fsp3) is 0.353. The van der Waals surface area contributed by atoms with Gasteiger partial charge in [0.25, 0.3) is 10.0 Å². The molecule has 0 spiro atoms. The van der Waals surface area contributed by atoms with E-state index < -0.39 is 10.0 Å². The highest BCUT2D eigenvalue weighted by atomic mass is 32.2. The molecule has 1 amide bonds. The van der Waals surface area contributed by atoms with Gasteiger partial charge in [-0.2, -0.15) is 0 Å². The summed E-state index contributed by atoms with van der Waals surface area (Å²) in [7, 11) is -3.82. The number of carbonyl (C=O) groups is 1. The van der Waals surface area contributed by atoms with E-state index in [-0.39, 0.29) is 29.1 Å². The summed E-state index contributed by atoms with van der Waals surface area (Å²) in [5.74, 6) is 0.521. The molecule has 4 rings (SSSR count). The van der Waals surface area contributed by atoms with Gasteiger partial charge in [-0.05, 0) is 48.7 Å². The average molecular weight is 389 g/mol. The summed E-state index contributed by atoms with van der Waals surface area (Å²) in [6.45, 7) is 1.42. The molecule has 2 aliphatic rings. The average Bonchev–Trinajstić information content (AvgIpc) is 3.28. The molecule has 1 saturated heterocycles. The topological polar surface area (TPSA) is 122 Å². The van der Waals surface area contributed by atoms with Crippen LogP contribution in [0.3, 0.4) is 0 Å². The summed E-state index contributed by atoms with van der Waals surface area (Å²) in [4.78, 5) is 11.5. The van der Waals surface area contributed by atoms with Gasteiger partial charge in [-0.15, -0.1) is 10.2 Å². The summed E-state index contributed by atoms with van der Waals surface area (Å²) in [5.41, 5.74) is 1.29. The highest BCUT2D eigenvalue weighted by Crippen LogP contribution is 2.26. The molecule has 2 aliphatic heterocycles. The Morgan fingerprint density at radius 2 is 2.00 bits per heavy atom. The predicted molar refractivity (Wildman–Crippen MR) is 99.1 cm³/mol. The second kappa shape index (κ2) is 7.12. The zero-order valence-corrected chi connectivity index (χ0v) is 15.3. The number of amides is 1. The van der Waals surface area contributed by atoms with Crippen molar-refractivity contribution in [2.45, 2.75) is 30.3 Å². The zero-order valence-electron chi connectivity index (χ0n) is 14.4. The third-order valence-electron chi connectivity index (χ3n) is 4.45. The first-order chi connectivity index (χ1) is 13.0. The fourth-order valence-corrected chi connectivity index (χ4v) is 4.12. The maximum Gasteiger partial charge on any atom is 0.263 e. The minimum atomic E-state index is -3.82. The predicted octanol–water partition coefficient (Wildman–Crippen LogP) is 1.36. The van der Waals surface area contributed by atoms with E-state index in [4.69, 9.17) is 4.74 Å². The first kappa shape index (κ1) is 17.7. The number of nitrogens with one attached hydrogen (secondary N) is 3. The first-order valence-electron chi connectivity index (χ1n) is 8.64. The van der Waals surface area contributed by atoms with E-state index in [1.807, 2.05) is 0 Å². The van der Waals surface area contributed by atoms with Crippen LogP contribution in [0.5, 0.6) is 0 Å². The summed E-state index contributed by atoms with van der Waals surface area (Å²) < 4.78 is 33.0. The van der Waals surface area contributed by atoms with Crippen molar-refractivity contribution in [1.82, 2.24) is 10.2 Å². The molecular formula is C17H19N5O4S. The molecule has 2 aromatic rings. The smallest absolute Gasteiger partial charge is 0.263 e. The van der Waals surface area contributed by atoms with Crippen LogP contribution in [0.2, 0.25) is 0 Å². The zero-order chi connectivity index (χ0) is 18.9. The van der Waals surface area contributed by atoms with Crippen molar-refractivity contribution in [3.05, 3.63) is 35.9 Å². The number of hydrogen-bond acceptors (Lipinski definition) is 7. The number of hydrogen-bond donors (Lipinski definition) is 3. The number of benzene rings is 1. The van der Waals surface area contributed by atoms with Gasteiger partial charge in [0.15, 0.2) is 5.82 Å². The number of ether oxygens (including phenoxy) is 1. The van der Waals surface area contributed by atoms with Gasteiger partial charge in [0.2, 0.25) is 5.91 Å². The van der Waals surface area contributed by atoms with Crippen molar-refractivity contribution < 1.29 is 17.9 Å². The van der Waals surface area contributed by atoms with E-state index >= 15 is 0 Å². The minimum absolute atomic E-state index is 0.0696. The SMILES string of the molecule is O=C1Cc2cc(S(=O)(=O)Nc3ccc(NCC4CCCO4)nn3)ccc2N1. The van der Waals surface area contributed by atoms with Gasteiger partial charge < -0.3 is 15.4 Å². The quantitative estimate of drug-likeness (QED) is 0.682. The van der Waals surface area contributed by atoms with Crippen molar-refractivity contribution in [2.24, 2.45) is 0 Å². The number of carbonyl (C=O) groups excluding carboxylic acids is 1. The van der Waals surface area contributed by atoms with Crippen LogP contribution in [-0.4, -0.2) is 43.8 Å². The van der Waals surface area contributed by atoms with Crippen molar-refractivity contribution in [1.29, 1.82) is 0 Å². The van der Waals surface area contributed by atoms with E-state index in [2.05, 4.69) is 25.6 Å². The van der Waals surface area contributed by atoms with Crippen molar-refractivity contribution >= 4 is 33.3 Å². The Morgan fingerprint density at radius 1 is 1.19 bits per heavy atom. The fourth-order valence-electron chi connectivity index (χ4n) is 3.07. The van der Waals surface area contributed by atoms with Gasteiger partial charge in [-0.25, -0.2) is 8.42 Å². The summed E-state index contributed by atoms with van der Waals surface area (Å²) in [6.07, 6.45) is 2.42. The normalized spacial score (nSPS) is 18.8. The Kier molecular flexibility index (Phi) is 4.66. The second-order valence-electron chi connectivity index (χ2n) is 6.47. The lowest BCUT2D eigenvalue weighted by Gasteiger charge is -2.11. The number of fused-ring (bicyclic) bond motifs is 1. The molecule has 3 heterocycles. The van der Waals surface area contributed by atoms with Crippen LogP contribution in [0.15, 0.2) is 35.2 Å². The molecule has 1 aromatic heterocycles. The molecule has 1 atom stereocenters. The monoisotopic (exact) mass is 389 g/mol. The van der Waals surface area contributed by atoms with E-state index in [9.17, 15) is 13.2 Å². The molecule has 1 aromatic carbocycles. The molecule has 3 N–H and O–H groups in total. The van der Waals surface area contributed by atoms with Crippen molar-refractivity contribution in [3.63, 3.8) is 0 Å². The third kappa shape index (κ3) is 4.01. The van der Waals surface area contributed by atoms with Crippen LogP contribution >= 0.6 is 0 Å². The lowest BCUT2D eigenvalue weighted by Crippen LogP contribution is -2.19. The molecule has 1 unspecified atom stereocenters. The maximum absolute atomic E-state index is 12.6. The van der Waals surface area contributed by atoms with E-state index in [1.165, 1.54) is 12.1 Å². The van der Waals surface area contributed by atoms with E-state index in [0.29, 0.717) is 23.6 Å². The van der Waals surface area contributed by atoms with Gasteiger partial charge in [0, 0.05) is 18.8 Å². The van der Waals surface area contributed by atoms with Crippen LogP contribution in [0.25, 0.3) is 0 Å². The number of aromatic nitrogens is 2. The first-order valence-corrected chi connectivity index (χ1v) is 10.1. The van der Waals surface area contributed by atoms with E-state index in [0.717, 1.165) is 19.4 Å². The van der Waals surface area contributed by atoms with Crippen LogP contribution in [-0.2, 0) is 26.0 Å². The summed E-state index contributed by atoms with van der Waals surface area (Å²) in [5, 5.41) is 13.7. The lowest BCUT2D eigenvalue weighted by molar-refractivity contribution is -0.115. The Morgan fingerprint density at radius 3 is 2.74 bits per heavy atom. The Labute approximate surface area is 156 Å². The Bertz CT molecular complexity index is 956. The summed E-state index contributed by atoms with van der Waals surface area (Å²) >= 11 is 0. The Hall–Kier alpha value is -2.72. The number of nitrogens with zero attached hydrogens (tertiary/aromatic N) is 2.